The monoisotopic (exact) mass is 914 g/mol. The lowest BCUT2D eigenvalue weighted by Crippen LogP contribution is -2.02. The highest BCUT2D eigenvalue weighted by molar-refractivity contribution is 7.92. The predicted octanol–water partition coefficient (Wildman–Crippen LogP) is 10.4. The lowest BCUT2D eigenvalue weighted by molar-refractivity contribution is 0.481. The summed E-state index contributed by atoms with van der Waals surface area (Å²) in [5, 5.41) is 0. The molecule has 15 heteroatoms. The fourth-order valence-electron chi connectivity index (χ4n) is 6.27. The quantitative estimate of drug-likeness (QED) is 0.102. The summed E-state index contributed by atoms with van der Waals surface area (Å²) in [5.41, 5.74) is 0. The Bertz CT molecular complexity index is 3100. The molecule has 0 aliphatic rings. The first-order valence-corrected chi connectivity index (χ1v) is 24.9. The highest BCUT2D eigenvalue weighted by atomic mass is 32.2. The van der Waals surface area contributed by atoms with Gasteiger partial charge in [-0.2, -0.15) is 0 Å². The summed E-state index contributed by atoms with van der Waals surface area (Å²) < 4.78 is 123. The minimum atomic E-state index is -3.92. The van der Waals surface area contributed by atoms with Crippen LogP contribution in [0.3, 0.4) is 0 Å². The fourth-order valence-corrected chi connectivity index (χ4v) is 11.4. The molecule has 0 atom stereocenters. The second-order valence-corrected chi connectivity index (χ2v) is 21.6. The summed E-state index contributed by atoms with van der Waals surface area (Å²) in [6, 6.07) is 51.2. The molecule has 0 aromatic heterocycles. The zero-order chi connectivity index (χ0) is 44.2. The van der Waals surface area contributed by atoms with E-state index in [1.807, 2.05) is 0 Å². The molecule has 63 heavy (non-hydrogen) atoms. The normalized spacial score (nSPS) is 12.0. The molecule has 0 unspecified atom stereocenters. The number of hydrogen-bond donors (Lipinski definition) is 0. The van der Waals surface area contributed by atoms with Gasteiger partial charge >= 0.3 is 0 Å². The molecule has 0 fully saturated rings. The van der Waals surface area contributed by atoms with E-state index in [-0.39, 0.29) is 39.2 Å². The summed E-state index contributed by atoms with van der Waals surface area (Å²) in [7, 11) is -15.2. The summed E-state index contributed by atoms with van der Waals surface area (Å²) >= 11 is 0. The Morgan fingerprint density at radius 1 is 0.190 bits per heavy atom. The van der Waals surface area contributed by atoms with Crippen LogP contribution < -0.4 is 14.2 Å². The van der Waals surface area contributed by atoms with E-state index in [0.29, 0.717) is 34.5 Å². The second kappa shape index (κ2) is 17.4. The lowest BCUT2D eigenvalue weighted by Gasteiger charge is -2.11. The number of hydrogen-bond acceptors (Lipinski definition) is 11. The zero-order valence-electron chi connectivity index (χ0n) is 32.8. The van der Waals surface area contributed by atoms with Gasteiger partial charge in [0.25, 0.3) is 0 Å². The lowest BCUT2D eigenvalue weighted by atomic mass is 10.3. The van der Waals surface area contributed by atoms with Crippen LogP contribution >= 0.6 is 0 Å². The van der Waals surface area contributed by atoms with Gasteiger partial charge in [-0.05, 0) is 170 Å². The third-order valence-corrected chi connectivity index (χ3v) is 16.8. The van der Waals surface area contributed by atoms with E-state index < -0.39 is 39.3 Å². The molecule has 0 spiro atoms. The Morgan fingerprint density at radius 2 is 0.333 bits per heavy atom. The average molecular weight is 915 g/mol. The van der Waals surface area contributed by atoms with Crippen LogP contribution in [-0.4, -0.2) is 33.7 Å². The number of sulfone groups is 4. The van der Waals surface area contributed by atoms with Crippen molar-refractivity contribution in [3.05, 3.63) is 206 Å². The van der Waals surface area contributed by atoms with Gasteiger partial charge in [-0.15, -0.1) is 0 Å². The Labute approximate surface area is 365 Å². The smallest absolute Gasteiger partial charge is 0.206 e. The topological polar surface area (TPSA) is 164 Å². The van der Waals surface area contributed by atoms with Gasteiger partial charge in [0.1, 0.15) is 34.5 Å². The zero-order valence-corrected chi connectivity index (χ0v) is 36.0. The maximum Gasteiger partial charge on any atom is 0.206 e. The molecule has 316 valence electrons. The molecule has 0 aliphatic carbocycles. The molecule has 0 saturated carbocycles. The molecule has 8 aromatic carbocycles. The van der Waals surface area contributed by atoms with Crippen molar-refractivity contribution >= 4 is 39.3 Å². The molecule has 11 nitrogen and oxygen atoms in total. The van der Waals surface area contributed by atoms with E-state index in [0.717, 1.165) is 0 Å². The van der Waals surface area contributed by atoms with Crippen molar-refractivity contribution in [1.82, 2.24) is 0 Å². The average Bonchev–Trinajstić information content (AvgIpc) is 3.31. The van der Waals surface area contributed by atoms with Crippen molar-refractivity contribution in [3.63, 3.8) is 0 Å². The molecule has 0 bridgehead atoms. The molecule has 0 saturated heterocycles. The van der Waals surface area contributed by atoms with Crippen LogP contribution in [0.5, 0.6) is 34.5 Å². The maximum absolute atomic E-state index is 13.4. The summed E-state index contributed by atoms with van der Waals surface area (Å²) in [6.07, 6.45) is 0. The summed E-state index contributed by atoms with van der Waals surface area (Å²) in [4.78, 5) is 0.657. The summed E-state index contributed by atoms with van der Waals surface area (Å²) in [5.74, 6) is 2.06. The Hall–Kier alpha value is -7.04. The molecule has 0 N–H and O–H groups in total. The van der Waals surface area contributed by atoms with Crippen molar-refractivity contribution in [1.29, 1.82) is 0 Å². The van der Waals surface area contributed by atoms with E-state index >= 15 is 0 Å². The van der Waals surface area contributed by atoms with Gasteiger partial charge in [-0.1, -0.05) is 36.4 Å². The van der Waals surface area contributed by atoms with Crippen LogP contribution in [0.2, 0.25) is 0 Å². The Kier molecular flexibility index (Phi) is 11.8. The SMILES string of the molecule is O=S(=O)(c1ccccc1)c1ccc(Oc2ccc(S(=O)(=O)c3ccc(Oc4ccc(S(=O)(=O)c5ccc(Oc6ccc(S(=O)(=O)c7ccccc7)cc6)cc5)cc4)cc3)cc2)cc1. The molecular weight excluding hydrogens is 881 g/mol. The van der Waals surface area contributed by atoms with Crippen molar-refractivity contribution < 1.29 is 47.9 Å². The van der Waals surface area contributed by atoms with Gasteiger partial charge < -0.3 is 14.2 Å². The molecule has 8 aromatic rings. The van der Waals surface area contributed by atoms with Crippen LogP contribution in [0.15, 0.2) is 245 Å². The molecule has 0 radical (unpaired) electrons. The Balaban J connectivity index is 0.861. The van der Waals surface area contributed by atoms with E-state index in [1.165, 1.54) is 170 Å². The number of benzene rings is 8. The molecule has 0 aliphatic heterocycles. The molecule has 0 amide bonds. The van der Waals surface area contributed by atoms with Crippen LogP contribution in [-0.2, 0) is 39.3 Å². The van der Waals surface area contributed by atoms with Crippen LogP contribution in [0.4, 0.5) is 0 Å². The standard InChI is InChI=1S/C48H34O11S4/c49-60(50,41-7-3-1-4-8-41)43-23-11-35(12-24-43)57-37-15-27-45(28-16-37)62(53,54)47-31-19-39(20-32-47)59-40-21-33-48(34-22-40)63(55,56)46-29-17-38(18-30-46)58-36-13-25-44(26-14-36)61(51,52)42-9-5-2-6-10-42/h1-34H. The third kappa shape index (κ3) is 9.27. The van der Waals surface area contributed by atoms with Crippen LogP contribution in [0.1, 0.15) is 0 Å². The van der Waals surface area contributed by atoms with E-state index in [2.05, 4.69) is 0 Å². The van der Waals surface area contributed by atoms with E-state index in [1.54, 1.807) is 36.4 Å². The largest absolute Gasteiger partial charge is 0.457 e. The fraction of sp³-hybridized carbons (Fsp3) is 0. The van der Waals surface area contributed by atoms with Gasteiger partial charge in [-0.3, -0.25) is 0 Å². The number of rotatable bonds is 14. The minimum Gasteiger partial charge on any atom is -0.457 e. The third-order valence-electron chi connectivity index (χ3n) is 9.62. The van der Waals surface area contributed by atoms with Crippen LogP contribution in [0.25, 0.3) is 0 Å². The van der Waals surface area contributed by atoms with Crippen molar-refractivity contribution in [3.8, 4) is 34.5 Å². The van der Waals surface area contributed by atoms with E-state index in [9.17, 15) is 33.7 Å². The second-order valence-electron chi connectivity index (χ2n) is 13.8. The highest BCUT2D eigenvalue weighted by Gasteiger charge is 2.21. The van der Waals surface area contributed by atoms with Gasteiger partial charge in [0.05, 0.1) is 39.2 Å². The maximum atomic E-state index is 13.4. The van der Waals surface area contributed by atoms with Gasteiger partial charge in [0.2, 0.25) is 39.3 Å². The van der Waals surface area contributed by atoms with Gasteiger partial charge in [0.15, 0.2) is 0 Å². The number of ether oxygens (including phenoxy) is 3. The van der Waals surface area contributed by atoms with Gasteiger partial charge in [0, 0.05) is 0 Å². The first-order valence-electron chi connectivity index (χ1n) is 18.9. The highest BCUT2D eigenvalue weighted by Crippen LogP contribution is 2.32. The first kappa shape index (κ1) is 42.6. The Morgan fingerprint density at radius 3 is 0.492 bits per heavy atom. The van der Waals surface area contributed by atoms with Crippen molar-refractivity contribution in [2.45, 2.75) is 39.2 Å². The molecule has 0 heterocycles. The van der Waals surface area contributed by atoms with Crippen LogP contribution in [0, 0.1) is 0 Å². The minimum absolute atomic E-state index is 0.0174. The summed E-state index contributed by atoms with van der Waals surface area (Å²) in [6.45, 7) is 0. The molecule has 8 rings (SSSR count). The first-order chi connectivity index (χ1) is 30.2. The molecular formula is C48H34O11S4. The van der Waals surface area contributed by atoms with Crippen molar-refractivity contribution in [2.75, 3.05) is 0 Å². The van der Waals surface area contributed by atoms with Crippen molar-refractivity contribution in [2.24, 2.45) is 0 Å². The predicted molar refractivity (Wildman–Crippen MR) is 234 cm³/mol. The van der Waals surface area contributed by atoms with E-state index in [4.69, 9.17) is 14.2 Å². The van der Waals surface area contributed by atoms with Gasteiger partial charge in [-0.25, -0.2) is 33.7 Å².